The van der Waals surface area contributed by atoms with Crippen molar-refractivity contribution in [3.63, 3.8) is 0 Å². The fraction of sp³-hybridized carbons (Fsp3) is 0.538. The summed E-state index contributed by atoms with van der Waals surface area (Å²) in [6, 6.07) is 3.17. The Morgan fingerprint density at radius 2 is 2.32 bits per heavy atom. The molecule has 1 heterocycles. The van der Waals surface area contributed by atoms with Gasteiger partial charge in [-0.3, -0.25) is 10.1 Å². The average Bonchev–Trinajstić information content (AvgIpc) is 2.66. The van der Waals surface area contributed by atoms with Gasteiger partial charge in [-0.15, -0.1) is 0 Å². The molecule has 1 aliphatic heterocycles. The van der Waals surface area contributed by atoms with Crippen LogP contribution in [-0.4, -0.2) is 23.2 Å². The minimum absolute atomic E-state index is 0.0571. The molecule has 1 unspecified atom stereocenters. The predicted molar refractivity (Wildman–Crippen MR) is 66.7 cm³/mol. The van der Waals surface area contributed by atoms with Gasteiger partial charge in [0.05, 0.1) is 16.6 Å². The Morgan fingerprint density at radius 3 is 2.89 bits per heavy atom. The minimum atomic E-state index is -0.589. The van der Waals surface area contributed by atoms with E-state index in [1.54, 1.807) is 0 Å². The summed E-state index contributed by atoms with van der Waals surface area (Å²) in [7, 11) is 0. The number of ether oxygens (including phenoxy) is 2. The molecule has 0 radical (unpaired) electrons. The second-order valence-electron chi connectivity index (χ2n) is 5.22. The first kappa shape index (κ1) is 13.7. The van der Waals surface area contributed by atoms with E-state index >= 15 is 0 Å². The third kappa shape index (κ3) is 3.41. The number of halogens is 1. The van der Waals surface area contributed by atoms with Gasteiger partial charge in [0.1, 0.15) is 12.4 Å². The molecule has 6 heteroatoms. The van der Waals surface area contributed by atoms with E-state index in [9.17, 15) is 14.5 Å². The standard InChI is InChI=1S/C13H16FNO4/c1-13(2)6-5-10(19-13)8-18-12-7-9(14)3-4-11(12)15(16)17/h3-4,7,10H,5-6,8H2,1-2H3. The fourth-order valence-corrected chi connectivity index (χ4v) is 2.13. The van der Waals surface area contributed by atoms with Crippen LogP contribution >= 0.6 is 0 Å². The summed E-state index contributed by atoms with van der Waals surface area (Å²) in [6.45, 7) is 4.16. The van der Waals surface area contributed by atoms with E-state index in [1.165, 1.54) is 0 Å². The molecule has 0 aromatic heterocycles. The molecular formula is C13H16FNO4. The van der Waals surface area contributed by atoms with Gasteiger partial charge in [0.2, 0.25) is 0 Å². The number of benzene rings is 1. The zero-order valence-electron chi connectivity index (χ0n) is 10.9. The zero-order valence-corrected chi connectivity index (χ0v) is 10.9. The lowest BCUT2D eigenvalue weighted by Crippen LogP contribution is -2.24. The summed E-state index contributed by atoms with van der Waals surface area (Å²) >= 11 is 0. The van der Waals surface area contributed by atoms with Gasteiger partial charge >= 0.3 is 5.69 Å². The lowest BCUT2D eigenvalue weighted by Gasteiger charge is -2.19. The lowest BCUT2D eigenvalue weighted by atomic mass is 10.1. The summed E-state index contributed by atoms with van der Waals surface area (Å²) < 4.78 is 24.2. The van der Waals surface area contributed by atoms with E-state index in [4.69, 9.17) is 9.47 Å². The highest BCUT2D eigenvalue weighted by atomic mass is 19.1. The largest absolute Gasteiger partial charge is 0.484 e. The molecule has 19 heavy (non-hydrogen) atoms. The Balaban J connectivity index is 2.03. The molecule has 1 aromatic carbocycles. The molecule has 1 atom stereocenters. The van der Waals surface area contributed by atoms with Gasteiger partial charge in [-0.25, -0.2) is 4.39 Å². The third-order valence-electron chi connectivity index (χ3n) is 3.10. The molecule has 5 nitrogen and oxygen atoms in total. The van der Waals surface area contributed by atoms with Crippen LogP contribution in [0.4, 0.5) is 10.1 Å². The van der Waals surface area contributed by atoms with E-state index in [0.29, 0.717) is 0 Å². The second-order valence-corrected chi connectivity index (χ2v) is 5.22. The van der Waals surface area contributed by atoms with Crippen molar-refractivity contribution in [2.45, 2.75) is 38.4 Å². The van der Waals surface area contributed by atoms with Gasteiger partial charge in [-0.05, 0) is 32.8 Å². The van der Waals surface area contributed by atoms with Crippen molar-refractivity contribution < 1.29 is 18.8 Å². The van der Waals surface area contributed by atoms with Crippen molar-refractivity contribution in [3.05, 3.63) is 34.1 Å². The Kier molecular flexibility index (Phi) is 3.71. The number of nitro benzene ring substituents is 1. The minimum Gasteiger partial charge on any atom is -0.484 e. The molecule has 1 aromatic rings. The zero-order chi connectivity index (χ0) is 14.0. The summed E-state index contributed by atoms with van der Waals surface area (Å²) in [5, 5.41) is 10.8. The Hall–Kier alpha value is -1.69. The van der Waals surface area contributed by atoms with E-state index < -0.39 is 10.7 Å². The van der Waals surface area contributed by atoms with Crippen molar-refractivity contribution in [2.24, 2.45) is 0 Å². The summed E-state index contributed by atoms with van der Waals surface area (Å²) in [4.78, 5) is 10.2. The molecule has 0 aliphatic carbocycles. The van der Waals surface area contributed by atoms with Gasteiger partial charge in [-0.1, -0.05) is 0 Å². The van der Waals surface area contributed by atoms with Crippen molar-refractivity contribution in [2.75, 3.05) is 6.61 Å². The first-order chi connectivity index (χ1) is 8.87. The molecule has 1 aliphatic rings. The molecule has 104 valence electrons. The van der Waals surface area contributed by atoms with Crippen LogP contribution < -0.4 is 4.74 Å². The fourth-order valence-electron chi connectivity index (χ4n) is 2.13. The topological polar surface area (TPSA) is 61.6 Å². The van der Waals surface area contributed by atoms with Crippen LogP contribution in [0, 0.1) is 15.9 Å². The highest BCUT2D eigenvalue weighted by molar-refractivity contribution is 5.46. The van der Waals surface area contributed by atoms with Crippen molar-refractivity contribution in [1.29, 1.82) is 0 Å². The number of nitro groups is 1. The van der Waals surface area contributed by atoms with Crippen LogP contribution in [0.2, 0.25) is 0 Å². The van der Waals surface area contributed by atoms with Crippen LogP contribution in [0.5, 0.6) is 5.75 Å². The second kappa shape index (κ2) is 5.13. The van der Waals surface area contributed by atoms with Gasteiger partial charge in [0.15, 0.2) is 5.75 Å². The van der Waals surface area contributed by atoms with E-state index in [-0.39, 0.29) is 29.7 Å². The van der Waals surface area contributed by atoms with Crippen LogP contribution in [0.1, 0.15) is 26.7 Å². The molecule has 0 bridgehead atoms. The molecule has 0 amide bonds. The predicted octanol–water partition coefficient (Wildman–Crippen LogP) is 3.07. The average molecular weight is 269 g/mol. The van der Waals surface area contributed by atoms with Crippen LogP contribution in [-0.2, 0) is 4.74 Å². The SMILES string of the molecule is CC1(C)CCC(COc2cc(F)ccc2[N+](=O)[O-])O1. The molecule has 1 saturated heterocycles. The van der Waals surface area contributed by atoms with Crippen LogP contribution in [0.25, 0.3) is 0 Å². The quantitative estimate of drug-likeness (QED) is 0.622. The van der Waals surface area contributed by atoms with E-state index in [2.05, 4.69) is 0 Å². The Bertz CT molecular complexity index is 490. The molecule has 0 saturated carbocycles. The maximum atomic E-state index is 13.1. The Morgan fingerprint density at radius 1 is 1.58 bits per heavy atom. The third-order valence-corrected chi connectivity index (χ3v) is 3.10. The Labute approximate surface area is 110 Å². The lowest BCUT2D eigenvalue weighted by molar-refractivity contribution is -0.386. The highest BCUT2D eigenvalue weighted by Crippen LogP contribution is 2.32. The van der Waals surface area contributed by atoms with Gasteiger partial charge in [0.25, 0.3) is 0 Å². The summed E-state index contributed by atoms with van der Waals surface area (Å²) in [6.07, 6.45) is 1.63. The first-order valence-corrected chi connectivity index (χ1v) is 6.12. The van der Waals surface area contributed by atoms with Crippen LogP contribution in [0.3, 0.4) is 0 Å². The molecule has 2 rings (SSSR count). The number of hydrogen-bond donors (Lipinski definition) is 0. The normalized spacial score (nSPS) is 21.3. The number of nitrogens with zero attached hydrogens (tertiary/aromatic N) is 1. The van der Waals surface area contributed by atoms with E-state index in [0.717, 1.165) is 31.0 Å². The highest BCUT2D eigenvalue weighted by Gasteiger charge is 2.32. The maximum absolute atomic E-state index is 13.1. The van der Waals surface area contributed by atoms with Crippen molar-refractivity contribution in [1.82, 2.24) is 0 Å². The van der Waals surface area contributed by atoms with E-state index in [1.807, 2.05) is 13.8 Å². The first-order valence-electron chi connectivity index (χ1n) is 6.12. The molecule has 0 N–H and O–H groups in total. The van der Waals surface area contributed by atoms with Gasteiger partial charge in [0, 0.05) is 12.1 Å². The van der Waals surface area contributed by atoms with Crippen molar-refractivity contribution in [3.8, 4) is 5.75 Å². The molecule has 0 spiro atoms. The monoisotopic (exact) mass is 269 g/mol. The molecular weight excluding hydrogens is 253 g/mol. The van der Waals surface area contributed by atoms with Crippen molar-refractivity contribution >= 4 is 5.69 Å². The summed E-state index contributed by atoms with van der Waals surface area (Å²) in [5.74, 6) is -0.619. The maximum Gasteiger partial charge on any atom is 0.311 e. The van der Waals surface area contributed by atoms with Crippen LogP contribution in [0.15, 0.2) is 18.2 Å². The molecule has 1 fully saturated rings. The smallest absolute Gasteiger partial charge is 0.311 e. The van der Waals surface area contributed by atoms with Gasteiger partial charge in [-0.2, -0.15) is 0 Å². The van der Waals surface area contributed by atoms with Gasteiger partial charge < -0.3 is 9.47 Å². The number of hydrogen-bond acceptors (Lipinski definition) is 4. The number of rotatable bonds is 4. The summed E-state index contributed by atoms with van der Waals surface area (Å²) in [5.41, 5.74) is -0.430.